The molecule has 0 radical (unpaired) electrons. The van der Waals surface area contributed by atoms with E-state index in [1.54, 1.807) is 29.2 Å². The minimum atomic E-state index is -0.282. The highest BCUT2D eigenvalue weighted by molar-refractivity contribution is 9.10. The predicted molar refractivity (Wildman–Crippen MR) is 136 cm³/mol. The third-order valence-corrected chi connectivity index (χ3v) is 6.85. The Morgan fingerprint density at radius 3 is 2.62 bits per heavy atom. The van der Waals surface area contributed by atoms with Gasteiger partial charge in [-0.15, -0.1) is 0 Å². The Morgan fingerprint density at radius 2 is 2.00 bits per heavy atom. The monoisotopic (exact) mass is 534 g/mol. The number of hydrogen-bond acceptors (Lipinski definition) is 6. The van der Waals surface area contributed by atoms with Gasteiger partial charge in [0.05, 0.1) is 12.0 Å². The summed E-state index contributed by atoms with van der Waals surface area (Å²) in [5.41, 5.74) is 2.49. The van der Waals surface area contributed by atoms with E-state index in [0.717, 1.165) is 15.6 Å². The molecule has 0 bridgehead atoms. The molecule has 1 saturated heterocycles. The average molecular weight is 535 g/mol. The number of benzene rings is 2. The highest BCUT2D eigenvalue weighted by Gasteiger charge is 2.33. The number of carbonyl (C=O) groups is 2. The van der Waals surface area contributed by atoms with E-state index in [4.69, 9.17) is 21.7 Å². The second kappa shape index (κ2) is 10.5. The molecule has 1 N–H and O–H groups in total. The van der Waals surface area contributed by atoms with Crippen LogP contribution in [0.3, 0.4) is 0 Å². The van der Waals surface area contributed by atoms with E-state index < -0.39 is 0 Å². The SMILES string of the molecule is COc1cc(/C=C2\SC(=S)N(C(C)C)C2=O)ccc1OCC(=O)Nc1ccc(Br)c(C)c1. The van der Waals surface area contributed by atoms with Crippen LogP contribution in [0.2, 0.25) is 0 Å². The van der Waals surface area contributed by atoms with Crippen LogP contribution in [0.25, 0.3) is 6.08 Å². The summed E-state index contributed by atoms with van der Waals surface area (Å²) >= 11 is 10.0. The van der Waals surface area contributed by atoms with Gasteiger partial charge >= 0.3 is 0 Å². The average Bonchev–Trinajstić information content (AvgIpc) is 3.02. The van der Waals surface area contributed by atoms with Crippen molar-refractivity contribution in [3.8, 4) is 11.5 Å². The van der Waals surface area contributed by atoms with Gasteiger partial charge in [0.2, 0.25) is 0 Å². The van der Waals surface area contributed by atoms with Crippen molar-refractivity contribution in [2.45, 2.75) is 26.8 Å². The number of hydrogen-bond donors (Lipinski definition) is 1. The molecule has 6 nitrogen and oxygen atoms in total. The van der Waals surface area contributed by atoms with Crippen LogP contribution in [0, 0.1) is 6.92 Å². The summed E-state index contributed by atoms with van der Waals surface area (Å²) in [5, 5.41) is 2.81. The molecule has 168 valence electrons. The molecular weight excluding hydrogens is 512 g/mol. The van der Waals surface area contributed by atoms with Crippen LogP contribution in [0.4, 0.5) is 5.69 Å². The molecule has 0 unspecified atom stereocenters. The van der Waals surface area contributed by atoms with Crippen molar-refractivity contribution in [1.29, 1.82) is 0 Å². The maximum absolute atomic E-state index is 12.6. The number of rotatable bonds is 7. The molecule has 2 amide bonds. The van der Waals surface area contributed by atoms with E-state index in [1.165, 1.54) is 18.9 Å². The van der Waals surface area contributed by atoms with Crippen molar-refractivity contribution in [3.05, 3.63) is 56.9 Å². The Labute approximate surface area is 205 Å². The zero-order chi connectivity index (χ0) is 23.4. The number of nitrogens with one attached hydrogen (secondary N) is 1. The van der Waals surface area contributed by atoms with Crippen LogP contribution in [0.5, 0.6) is 11.5 Å². The molecule has 0 spiro atoms. The van der Waals surface area contributed by atoms with Crippen molar-refractivity contribution >= 4 is 67.8 Å². The van der Waals surface area contributed by atoms with Gasteiger partial charge < -0.3 is 14.8 Å². The maximum atomic E-state index is 12.6. The largest absolute Gasteiger partial charge is 0.493 e. The number of nitrogens with zero attached hydrogens (tertiary/aromatic N) is 1. The summed E-state index contributed by atoms with van der Waals surface area (Å²) in [4.78, 5) is 27.0. The summed E-state index contributed by atoms with van der Waals surface area (Å²) in [6.45, 7) is 5.63. The Bertz CT molecular complexity index is 1100. The van der Waals surface area contributed by atoms with Crippen LogP contribution in [0.1, 0.15) is 25.0 Å². The summed E-state index contributed by atoms with van der Waals surface area (Å²) in [6.07, 6.45) is 1.77. The Morgan fingerprint density at radius 1 is 1.25 bits per heavy atom. The predicted octanol–water partition coefficient (Wildman–Crippen LogP) is 5.39. The van der Waals surface area contributed by atoms with Crippen molar-refractivity contribution in [2.24, 2.45) is 0 Å². The highest BCUT2D eigenvalue weighted by atomic mass is 79.9. The zero-order valence-corrected chi connectivity index (χ0v) is 21.3. The first-order valence-corrected chi connectivity index (χ1v) is 11.8. The minimum absolute atomic E-state index is 0.00572. The van der Waals surface area contributed by atoms with E-state index in [9.17, 15) is 9.59 Å². The number of ether oxygens (including phenoxy) is 2. The van der Waals surface area contributed by atoms with Gasteiger partial charge in [0, 0.05) is 16.2 Å². The van der Waals surface area contributed by atoms with E-state index in [0.29, 0.717) is 26.4 Å². The van der Waals surface area contributed by atoms with Crippen LogP contribution in [-0.2, 0) is 9.59 Å². The number of amides is 2. The molecule has 32 heavy (non-hydrogen) atoms. The lowest BCUT2D eigenvalue weighted by molar-refractivity contribution is -0.123. The number of anilines is 1. The Kier molecular flexibility index (Phi) is 7.97. The van der Waals surface area contributed by atoms with Crippen molar-refractivity contribution in [3.63, 3.8) is 0 Å². The lowest BCUT2D eigenvalue weighted by Gasteiger charge is -2.18. The molecule has 3 rings (SSSR count). The molecule has 2 aromatic rings. The Balaban J connectivity index is 1.68. The molecular formula is C23H23BrN2O4S2. The summed E-state index contributed by atoms with van der Waals surface area (Å²) in [5.74, 6) is 0.510. The third-order valence-electron chi connectivity index (χ3n) is 4.63. The number of carbonyl (C=O) groups excluding carboxylic acids is 2. The number of aryl methyl sites for hydroxylation is 1. The van der Waals surface area contributed by atoms with E-state index >= 15 is 0 Å². The molecule has 2 aromatic carbocycles. The molecule has 0 saturated carbocycles. The van der Waals surface area contributed by atoms with Crippen molar-refractivity contribution in [1.82, 2.24) is 4.90 Å². The van der Waals surface area contributed by atoms with Gasteiger partial charge in [-0.3, -0.25) is 14.5 Å². The fourth-order valence-corrected chi connectivity index (χ4v) is 4.80. The van der Waals surface area contributed by atoms with Gasteiger partial charge in [0.25, 0.3) is 11.8 Å². The molecule has 1 fully saturated rings. The second-order valence-electron chi connectivity index (χ2n) is 7.36. The number of halogens is 1. The first kappa shape index (κ1) is 24.3. The van der Waals surface area contributed by atoms with Crippen LogP contribution in [-0.4, -0.2) is 40.8 Å². The number of thiocarbonyl (C=S) groups is 1. The van der Waals surface area contributed by atoms with Gasteiger partial charge in [-0.25, -0.2) is 0 Å². The van der Waals surface area contributed by atoms with Gasteiger partial charge in [-0.2, -0.15) is 0 Å². The van der Waals surface area contributed by atoms with Crippen molar-refractivity contribution < 1.29 is 19.1 Å². The van der Waals surface area contributed by atoms with E-state index in [1.807, 2.05) is 39.0 Å². The smallest absolute Gasteiger partial charge is 0.266 e. The molecule has 1 aliphatic rings. The van der Waals surface area contributed by atoms with Gasteiger partial charge in [0.1, 0.15) is 4.32 Å². The number of thioether (sulfide) groups is 1. The highest BCUT2D eigenvalue weighted by Crippen LogP contribution is 2.35. The molecule has 9 heteroatoms. The molecule has 0 aliphatic carbocycles. The fourth-order valence-electron chi connectivity index (χ4n) is 3.03. The summed E-state index contributed by atoms with van der Waals surface area (Å²) < 4.78 is 12.6. The zero-order valence-electron chi connectivity index (χ0n) is 18.1. The second-order valence-corrected chi connectivity index (χ2v) is 9.89. The van der Waals surface area contributed by atoms with Crippen LogP contribution < -0.4 is 14.8 Å². The summed E-state index contributed by atoms with van der Waals surface area (Å²) in [7, 11) is 1.52. The molecule has 1 heterocycles. The van der Waals surface area contributed by atoms with Gasteiger partial charge in [0.15, 0.2) is 18.1 Å². The van der Waals surface area contributed by atoms with Gasteiger partial charge in [-0.1, -0.05) is 46.0 Å². The minimum Gasteiger partial charge on any atom is -0.493 e. The van der Waals surface area contributed by atoms with Crippen LogP contribution in [0.15, 0.2) is 45.8 Å². The maximum Gasteiger partial charge on any atom is 0.266 e. The Hall–Kier alpha value is -2.36. The number of methoxy groups -OCH3 is 1. The van der Waals surface area contributed by atoms with Crippen LogP contribution >= 0.6 is 39.9 Å². The normalized spacial score (nSPS) is 14.9. The van der Waals surface area contributed by atoms with E-state index in [-0.39, 0.29) is 24.5 Å². The fraction of sp³-hybridized carbons (Fsp3) is 0.261. The van der Waals surface area contributed by atoms with Gasteiger partial charge in [-0.05, 0) is 68.3 Å². The lowest BCUT2D eigenvalue weighted by atomic mass is 10.1. The molecule has 0 aromatic heterocycles. The quantitative estimate of drug-likeness (QED) is 0.379. The first-order chi connectivity index (χ1) is 15.2. The first-order valence-electron chi connectivity index (χ1n) is 9.83. The van der Waals surface area contributed by atoms with E-state index in [2.05, 4.69) is 21.2 Å². The standard InChI is InChI=1S/C23H23BrN2O4S2/c1-13(2)26-22(28)20(32-23(26)31)11-15-5-8-18(19(10-15)29-4)30-12-21(27)25-16-6-7-17(24)14(3)9-16/h5-11,13H,12H2,1-4H3,(H,25,27)/b20-11-. The molecule has 1 aliphatic heterocycles. The third kappa shape index (κ3) is 5.70. The topological polar surface area (TPSA) is 67.9 Å². The summed E-state index contributed by atoms with van der Waals surface area (Å²) in [6, 6.07) is 10.8. The van der Waals surface area contributed by atoms with Crippen molar-refractivity contribution in [2.75, 3.05) is 19.0 Å². The molecule has 0 atom stereocenters. The lowest BCUT2D eigenvalue weighted by Crippen LogP contribution is -2.34.